The van der Waals surface area contributed by atoms with Gasteiger partial charge >= 0.3 is 51.4 Å². The van der Waals surface area contributed by atoms with Gasteiger partial charge in [-0.05, 0) is 36.4 Å². The number of aromatic nitrogens is 2. The van der Waals surface area contributed by atoms with Crippen molar-refractivity contribution >= 4 is 46.4 Å². The standard InChI is InChI=1S/C10H10N2S3.K/c13-8-7-5-3-1-2-4-6(5)15-9(7)12-10(14)11-8;/h1-4H2,(H2,11,12,13,14);/q;+1/p-1. The average Bonchev–Trinajstić information content (AvgIpc) is 2.54. The van der Waals surface area contributed by atoms with E-state index in [2.05, 4.69) is 9.97 Å². The van der Waals surface area contributed by atoms with Crippen LogP contribution in [0.2, 0.25) is 0 Å². The summed E-state index contributed by atoms with van der Waals surface area (Å²) in [6.45, 7) is 0. The molecule has 6 heteroatoms. The van der Waals surface area contributed by atoms with Crippen molar-refractivity contribution in [2.75, 3.05) is 0 Å². The van der Waals surface area contributed by atoms with E-state index < -0.39 is 0 Å². The van der Waals surface area contributed by atoms with E-state index in [0.29, 0.717) is 5.16 Å². The number of H-pyrrole nitrogens is 1. The molecule has 78 valence electrons. The fraction of sp³-hybridized carbons (Fsp3) is 0.400. The van der Waals surface area contributed by atoms with E-state index >= 15 is 0 Å². The Balaban J connectivity index is 0.000000963. The van der Waals surface area contributed by atoms with Crippen LogP contribution in [0, 0.1) is 4.64 Å². The minimum atomic E-state index is 0. The summed E-state index contributed by atoms with van der Waals surface area (Å²) >= 11 is 12.1. The Hall–Kier alpha value is 1.12. The third-order valence-corrected chi connectivity index (χ3v) is 4.49. The average molecular weight is 292 g/mol. The normalized spacial score (nSPS) is 14.5. The van der Waals surface area contributed by atoms with E-state index in [4.69, 9.17) is 24.8 Å². The second kappa shape index (κ2) is 5.40. The molecule has 1 N–H and O–H groups in total. The van der Waals surface area contributed by atoms with Crippen molar-refractivity contribution in [1.29, 1.82) is 0 Å². The van der Waals surface area contributed by atoms with Crippen LogP contribution >= 0.6 is 23.6 Å². The summed E-state index contributed by atoms with van der Waals surface area (Å²) in [6.07, 6.45) is 4.88. The molecule has 3 rings (SSSR count). The molecule has 1 aliphatic rings. The van der Waals surface area contributed by atoms with Crippen LogP contribution in [0.4, 0.5) is 0 Å². The molecule has 0 aromatic carbocycles. The fourth-order valence-corrected chi connectivity index (χ4v) is 4.11. The molecule has 2 aromatic heterocycles. The summed E-state index contributed by atoms with van der Waals surface area (Å²) < 4.78 is 0.768. The van der Waals surface area contributed by atoms with Gasteiger partial charge in [-0.2, -0.15) is 0 Å². The van der Waals surface area contributed by atoms with E-state index in [1.165, 1.54) is 29.7 Å². The van der Waals surface area contributed by atoms with Gasteiger partial charge in [0.15, 0.2) is 0 Å². The summed E-state index contributed by atoms with van der Waals surface area (Å²) in [4.78, 5) is 9.81. The third kappa shape index (κ3) is 2.31. The van der Waals surface area contributed by atoms with Crippen molar-refractivity contribution in [1.82, 2.24) is 9.97 Å². The Morgan fingerprint density at radius 3 is 2.88 bits per heavy atom. The zero-order chi connectivity index (χ0) is 10.4. The fourth-order valence-electron chi connectivity index (χ4n) is 2.14. The van der Waals surface area contributed by atoms with Crippen molar-refractivity contribution in [3.63, 3.8) is 0 Å². The molecule has 0 saturated heterocycles. The number of nitrogens with one attached hydrogen (secondary N) is 1. The minimum absolute atomic E-state index is 0. The summed E-state index contributed by atoms with van der Waals surface area (Å²) in [5.41, 5.74) is 1.42. The first-order valence-electron chi connectivity index (χ1n) is 4.97. The van der Waals surface area contributed by atoms with Crippen LogP contribution in [0.15, 0.2) is 5.16 Å². The molecule has 0 bridgehead atoms. The van der Waals surface area contributed by atoms with Crippen LogP contribution in [-0.4, -0.2) is 9.97 Å². The Morgan fingerprint density at radius 1 is 1.31 bits per heavy atom. The second-order valence-corrected chi connectivity index (χ2v) is 5.64. The number of nitrogens with zero attached hydrogens (tertiary/aromatic N) is 1. The van der Waals surface area contributed by atoms with Gasteiger partial charge in [-0.3, -0.25) is 0 Å². The van der Waals surface area contributed by atoms with Gasteiger partial charge in [0, 0.05) is 10.3 Å². The summed E-state index contributed by atoms with van der Waals surface area (Å²) in [5, 5.41) is 1.66. The van der Waals surface area contributed by atoms with Crippen molar-refractivity contribution < 1.29 is 51.4 Å². The largest absolute Gasteiger partial charge is 1.00 e. The maximum absolute atomic E-state index is 5.32. The number of hydrogen-bond donors (Lipinski definition) is 1. The Labute approximate surface area is 151 Å². The second-order valence-electron chi connectivity index (χ2n) is 3.76. The number of aromatic amines is 1. The number of aryl methyl sites for hydroxylation is 2. The molecule has 1 aliphatic carbocycles. The van der Waals surface area contributed by atoms with Crippen LogP contribution in [0.25, 0.3) is 10.2 Å². The van der Waals surface area contributed by atoms with Crippen molar-refractivity contribution in [3.8, 4) is 0 Å². The molecule has 0 fully saturated rings. The molecular formula is C10H9KN2S3. The molecule has 2 nitrogen and oxygen atoms in total. The van der Waals surface area contributed by atoms with E-state index in [0.717, 1.165) is 21.3 Å². The van der Waals surface area contributed by atoms with Crippen molar-refractivity contribution in [3.05, 3.63) is 15.1 Å². The molecule has 0 atom stereocenters. The van der Waals surface area contributed by atoms with Crippen molar-refractivity contribution in [2.45, 2.75) is 30.8 Å². The molecular weight excluding hydrogens is 283 g/mol. The zero-order valence-corrected chi connectivity index (χ0v) is 14.6. The summed E-state index contributed by atoms with van der Waals surface area (Å²) in [5.74, 6) is 0. The van der Waals surface area contributed by atoms with E-state index in [9.17, 15) is 0 Å². The molecule has 0 radical (unpaired) electrons. The van der Waals surface area contributed by atoms with Gasteiger partial charge in [0.25, 0.3) is 0 Å². The predicted molar refractivity (Wildman–Crippen MR) is 67.1 cm³/mol. The molecule has 0 amide bonds. The monoisotopic (exact) mass is 292 g/mol. The first-order chi connectivity index (χ1) is 7.25. The molecule has 0 saturated carbocycles. The number of thiophene rings is 1. The Bertz CT molecular complexity index is 587. The number of hydrogen-bond acceptors (Lipinski definition) is 4. The van der Waals surface area contributed by atoms with Crippen LogP contribution < -0.4 is 51.4 Å². The Kier molecular flexibility index (Phi) is 4.57. The molecule has 2 heterocycles. The minimum Gasteiger partial charge on any atom is -0.742 e. The predicted octanol–water partition coefficient (Wildman–Crippen LogP) is 0.142. The van der Waals surface area contributed by atoms with E-state index in [-0.39, 0.29) is 51.4 Å². The van der Waals surface area contributed by atoms with Gasteiger partial charge in [-0.1, -0.05) is 12.2 Å². The van der Waals surface area contributed by atoms with Gasteiger partial charge in [-0.25, -0.2) is 4.98 Å². The molecule has 0 unspecified atom stereocenters. The van der Waals surface area contributed by atoms with Crippen LogP contribution in [0.3, 0.4) is 0 Å². The van der Waals surface area contributed by atoms with Crippen molar-refractivity contribution in [2.24, 2.45) is 0 Å². The topological polar surface area (TPSA) is 28.7 Å². The molecule has 0 aliphatic heterocycles. The van der Waals surface area contributed by atoms with E-state index in [1.807, 2.05) is 0 Å². The number of rotatable bonds is 0. The SMILES string of the molecule is S=c1[nH]c([S-])nc2sc3c(c12)CCCC3.[K+]. The van der Waals surface area contributed by atoms with Crippen LogP contribution in [-0.2, 0) is 25.5 Å². The van der Waals surface area contributed by atoms with Gasteiger partial charge < -0.3 is 17.6 Å². The van der Waals surface area contributed by atoms with Gasteiger partial charge in [0.2, 0.25) is 0 Å². The first kappa shape index (κ1) is 13.5. The van der Waals surface area contributed by atoms with Gasteiger partial charge in [0.05, 0.1) is 0 Å². The summed E-state index contributed by atoms with van der Waals surface area (Å²) in [7, 11) is 0. The van der Waals surface area contributed by atoms with Gasteiger partial charge in [-0.15, -0.1) is 11.3 Å². The summed E-state index contributed by atoms with van der Waals surface area (Å²) in [6, 6.07) is 0. The quantitative estimate of drug-likeness (QED) is 0.324. The zero-order valence-electron chi connectivity index (χ0n) is 9.00. The first-order valence-corrected chi connectivity index (χ1v) is 6.60. The maximum Gasteiger partial charge on any atom is 1.00 e. The van der Waals surface area contributed by atoms with E-state index in [1.54, 1.807) is 11.3 Å². The van der Waals surface area contributed by atoms with Crippen LogP contribution in [0.5, 0.6) is 0 Å². The third-order valence-electron chi connectivity index (χ3n) is 2.80. The molecule has 2 aromatic rings. The molecule has 16 heavy (non-hydrogen) atoms. The maximum atomic E-state index is 5.32. The van der Waals surface area contributed by atoms with Crippen LogP contribution in [0.1, 0.15) is 23.3 Å². The Morgan fingerprint density at radius 2 is 2.06 bits per heavy atom. The molecule has 0 spiro atoms. The van der Waals surface area contributed by atoms with Gasteiger partial charge in [0.1, 0.15) is 9.47 Å². The number of fused-ring (bicyclic) bond motifs is 3. The smallest absolute Gasteiger partial charge is 0.742 e.